The van der Waals surface area contributed by atoms with E-state index in [4.69, 9.17) is 5.73 Å². The number of likely N-dealkylation sites (tertiary alicyclic amines) is 1. The van der Waals surface area contributed by atoms with E-state index in [2.05, 4.69) is 5.32 Å². The van der Waals surface area contributed by atoms with Crippen molar-refractivity contribution >= 4 is 23.4 Å². The Balaban J connectivity index is 1.99. The van der Waals surface area contributed by atoms with Gasteiger partial charge in [-0.25, -0.2) is 0 Å². The number of rotatable bonds is 1. The van der Waals surface area contributed by atoms with Crippen LogP contribution in [0.3, 0.4) is 0 Å². The van der Waals surface area contributed by atoms with E-state index >= 15 is 0 Å². The molecule has 1 aromatic rings. The number of carbonyl (C=O) groups excluding carboxylic acids is 3. The van der Waals surface area contributed by atoms with E-state index in [0.29, 0.717) is 19.0 Å². The van der Waals surface area contributed by atoms with Crippen LogP contribution in [-0.2, 0) is 9.59 Å². The summed E-state index contributed by atoms with van der Waals surface area (Å²) < 4.78 is 0. The second kappa shape index (κ2) is 6.39. The van der Waals surface area contributed by atoms with Gasteiger partial charge in [0.05, 0.1) is 5.56 Å². The van der Waals surface area contributed by atoms with Gasteiger partial charge in [-0.1, -0.05) is 19.1 Å². The fourth-order valence-electron chi connectivity index (χ4n) is 2.45. The molecule has 1 saturated heterocycles. The fourth-order valence-corrected chi connectivity index (χ4v) is 2.45. The molecule has 0 bridgehead atoms. The molecule has 3 amide bonds. The predicted molar refractivity (Wildman–Crippen MR) is 78.3 cm³/mol. The van der Waals surface area contributed by atoms with Crippen LogP contribution in [0.25, 0.3) is 0 Å². The number of piperidine rings is 1. The van der Waals surface area contributed by atoms with E-state index in [1.54, 1.807) is 18.2 Å². The number of hydrogen-bond donors (Lipinski definition) is 2. The molecule has 1 aromatic carbocycles. The number of benzene rings is 1. The Morgan fingerprint density at radius 2 is 2.00 bits per heavy atom. The van der Waals surface area contributed by atoms with Crippen molar-refractivity contribution in [1.29, 1.82) is 0 Å². The van der Waals surface area contributed by atoms with Crippen molar-refractivity contribution in [2.45, 2.75) is 19.8 Å². The number of hydrogen-bond acceptors (Lipinski definition) is 4. The molecule has 1 unspecified atom stereocenters. The minimum absolute atomic E-state index is 0.186. The fraction of sp³-hybridized carbons (Fsp3) is 0.400. The Morgan fingerprint density at radius 1 is 1.29 bits per heavy atom. The van der Waals surface area contributed by atoms with Crippen LogP contribution in [0.1, 0.15) is 30.1 Å². The van der Waals surface area contributed by atoms with Crippen molar-refractivity contribution in [2.24, 2.45) is 5.92 Å². The average molecular weight is 289 g/mol. The highest BCUT2D eigenvalue weighted by Crippen LogP contribution is 2.15. The molecule has 3 N–H and O–H groups in total. The summed E-state index contributed by atoms with van der Waals surface area (Å²) in [6.07, 6.45) is 1.92. The quantitative estimate of drug-likeness (QED) is 0.590. The van der Waals surface area contributed by atoms with Crippen molar-refractivity contribution in [3.8, 4) is 0 Å². The molecule has 0 saturated carbocycles. The first-order valence-electron chi connectivity index (χ1n) is 6.98. The minimum Gasteiger partial charge on any atom is -0.398 e. The smallest absolute Gasteiger partial charge is 0.316 e. The lowest BCUT2D eigenvalue weighted by atomic mass is 10.0. The van der Waals surface area contributed by atoms with Gasteiger partial charge in [0.25, 0.3) is 5.91 Å². The molecule has 0 spiro atoms. The number of amides is 3. The number of nitrogens with zero attached hydrogens (tertiary/aromatic N) is 1. The van der Waals surface area contributed by atoms with Gasteiger partial charge in [0.2, 0.25) is 0 Å². The predicted octanol–water partition coefficient (Wildman–Crippen LogP) is 0.784. The van der Waals surface area contributed by atoms with E-state index in [-0.39, 0.29) is 11.3 Å². The second-order valence-electron chi connectivity index (χ2n) is 5.37. The number of nitrogens with one attached hydrogen (secondary N) is 1. The normalized spacial score (nSPS) is 18.1. The van der Waals surface area contributed by atoms with Gasteiger partial charge in [-0.15, -0.1) is 0 Å². The largest absolute Gasteiger partial charge is 0.398 e. The molecule has 1 atom stereocenters. The summed E-state index contributed by atoms with van der Waals surface area (Å²) in [4.78, 5) is 37.3. The molecule has 1 fully saturated rings. The number of carbonyl (C=O) groups is 3. The third-order valence-electron chi connectivity index (χ3n) is 3.57. The first-order chi connectivity index (χ1) is 9.99. The Bertz CT molecular complexity index is 571. The number of anilines is 1. The van der Waals surface area contributed by atoms with Gasteiger partial charge in [0.1, 0.15) is 0 Å². The second-order valence-corrected chi connectivity index (χ2v) is 5.37. The number of imide groups is 1. The molecule has 21 heavy (non-hydrogen) atoms. The van der Waals surface area contributed by atoms with Gasteiger partial charge in [-0.2, -0.15) is 0 Å². The Kier molecular flexibility index (Phi) is 4.57. The van der Waals surface area contributed by atoms with Gasteiger partial charge < -0.3 is 10.6 Å². The van der Waals surface area contributed by atoms with Crippen molar-refractivity contribution in [1.82, 2.24) is 10.2 Å². The van der Waals surface area contributed by atoms with Gasteiger partial charge in [-0.3, -0.25) is 19.7 Å². The first-order valence-corrected chi connectivity index (χ1v) is 6.98. The zero-order chi connectivity index (χ0) is 15.4. The maximum Gasteiger partial charge on any atom is 0.316 e. The van der Waals surface area contributed by atoms with Crippen LogP contribution >= 0.6 is 0 Å². The van der Waals surface area contributed by atoms with Crippen LogP contribution in [-0.4, -0.2) is 35.7 Å². The summed E-state index contributed by atoms with van der Waals surface area (Å²) in [7, 11) is 0. The highest BCUT2D eigenvalue weighted by Gasteiger charge is 2.27. The first kappa shape index (κ1) is 15.0. The Labute approximate surface area is 123 Å². The molecule has 1 heterocycles. The van der Waals surface area contributed by atoms with Crippen molar-refractivity contribution in [3.05, 3.63) is 29.8 Å². The molecule has 1 aliphatic heterocycles. The van der Waals surface area contributed by atoms with Crippen LogP contribution in [0.4, 0.5) is 5.69 Å². The molecule has 112 valence electrons. The van der Waals surface area contributed by atoms with Crippen molar-refractivity contribution < 1.29 is 14.4 Å². The highest BCUT2D eigenvalue weighted by atomic mass is 16.2. The summed E-state index contributed by atoms with van der Waals surface area (Å²) in [6, 6.07) is 6.40. The minimum atomic E-state index is -0.905. The van der Waals surface area contributed by atoms with Gasteiger partial charge in [-0.05, 0) is 30.9 Å². The lowest BCUT2D eigenvalue weighted by molar-refractivity contribution is -0.146. The zero-order valence-electron chi connectivity index (χ0n) is 12.0. The maximum absolute atomic E-state index is 12.0. The van der Waals surface area contributed by atoms with Gasteiger partial charge >= 0.3 is 11.8 Å². The molecule has 0 aliphatic carbocycles. The van der Waals surface area contributed by atoms with Crippen molar-refractivity contribution in [3.63, 3.8) is 0 Å². The van der Waals surface area contributed by atoms with Crippen LogP contribution in [0.2, 0.25) is 0 Å². The number of para-hydroxylation sites is 1. The van der Waals surface area contributed by atoms with E-state index < -0.39 is 17.7 Å². The molecule has 6 heteroatoms. The Morgan fingerprint density at radius 3 is 2.67 bits per heavy atom. The van der Waals surface area contributed by atoms with Crippen molar-refractivity contribution in [2.75, 3.05) is 18.8 Å². The molecule has 2 rings (SSSR count). The third-order valence-corrected chi connectivity index (χ3v) is 3.57. The standard InChI is InChI=1S/C15H19N3O3/c1-10-5-4-8-18(9-10)15(21)14(20)17-13(19)11-6-2-3-7-12(11)16/h2-3,6-7,10H,4-5,8-9,16H2,1H3,(H,17,19,20). The molecular weight excluding hydrogens is 270 g/mol. The molecule has 0 radical (unpaired) electrons. The SMILES string of the molecule is CC1CCCN(C(=O)C(=O)NC(=O)c2ccccc2N)C1. The summed E-state index contributed by atoms with van der Waals surface area (Å²) >= 11 is 0. The van der Waals surface area contributed by atoms with E-state index in [9.17, 15) is 14.4 Å². The molecule has 0 aromatic heterocycles. The summed E-state index contributed by atoms with van der Waals surface area (Å²) in [5, 5.41) is 2.10. The lowest BCUT2D eigenvalue weighted by Crippen LogP contribution is -2.48. The Hall–Kier alpha value is -2.37. The van der Waals surface area contributed by atoms with Crippen LogP contribution in [0.5, 0.6) is 0 Å². The number of nitrogen functional groups attached to an aromatic ring is 1. The van der Waals surface area contributed by atoms with Gasteiger partial charge in [0.15, 0.2) is 0 Å². The van der Waals surface area contributed by atoms with E-state index in [1.807, 2.05) is 6.92 Å². The summed E-state index contributed by atoms with van der Waals surface area (Å²) in [6.45, 7) is 3.14. The maximum atomic E-state index is 12.0. The molecule has 1 aliphatic rings. The molecule has 6 nitrogen and oxygen atoms in total. The van der Waals surface area contributed by atoms with Gasteiger partial charge in [0, 0.05) is 18.8 Å². The summed E-state index contributed by atoms with van der Waals surface area (Å²) in [5.74, 6) is -1.85. The third kappa shape index (κ3) is 3.59. The monoisotopic (exact) mass is 289 g/mol. The van der Waals surface area contributed by atoms with E-state index in [0.717, 1.165) is 12.8 Å². The lowest BCUT2D eigenvalue weighted by Gasteiger charge is -2.30. The number of nitrogens with two attached hydrogens (primary N) is 1. The summed E-state index contributed by atoms with van der Waals surface area (Å²) in [5.41, 5.74) is 6.12. The average Bonchev–Trinajstić information content (AvgIpc) is 2.46. The van der Waals surface area contributed by atoms with Crippen LogP contribution < -0.4 is 11.1 Å². The van der Waals surface area contributed by atoms with E-state index in [1.165, 1.54) is 11.0 Å². The van der Waals surface area contributed by atoms with Crippen LogP contribution in [0, 0.1) is 5.92 Å². The topological polar surface area (TPSA) is 92.5 Å². The zero-order valence-corrected chi connectivity index (χ0v) is 12.0. The molecular formula is C15H19N3O3. The highest BCUT2D eigenvalue weighted by molar-refractivity contribution is 6.38. The van der Waals surface area contributed by atoms with Crippen LogP contribution in [0.15, 0.2) is 24.3 Å².